The predicted octanol–water partition coefficient (Wildman–Crippen LogP) is 3.29. The third-order valence-corrected chi connectivity index (χ3v) is 6.13. The SMILES string of the molecule is CN1CCN(c2ccccc2CCn2ccn(-c3ccc(-c4ncco4)cc3)c2=O)CC1. The van der Waals surface area contributed by atoms with Gasteiger partial charge in [0.05, 0.1) is 11.9 Å². The molecule has 2 aromatic carbocycles. The molecule has 1 aliphatic heterocycles. The number of piperazine rings is 1. The first kappa shape index (κ1) is 20.3. The Morgan fingerprint density at radius 2 is 1.75 bits per heavy atom. The highest BCUT2D eigenvalue weighted by Gasteiger charge is 2.17. The van der Waals surface area contributed by atoms with Gasteiger partial charge in [0.2, 0.25) is 5.89 Å². The first-order valence-electron chi connectivity index (χ1n) is 11.0. The maximum atomic E-state index is 13.0. The Morgan fingerprint density at radius 1 is 0.969 bits per heavy atom. The van der Waals surface area contributed by atoms with E-state index >= 15 is 0 Å². The molecule has 4 aromatic rings. The molecule has 0 bridgehead atoms. The minimum Gasteiger partial charge on any atom is -0.445 e. The topological polar surface area (TPSA) is 59.4 Å². The first-order chi connectivity index (χ1) is 15.7. The highest BCUT2D eigenvalue weighted by molar-refractivity contribution is 5.56. The lowest BCUT2D eigenvalue weighted by Crippen LogP contribution is -2.44. The van der Waals surface area contributed by atoms with Crippen LogP contribution in [0.4, 0.5) is 5.69 Å². The Kier molecular flexibility index (Phi) is 5.64. The zero-order valence-electron chi connectivity index (χ0n) is 18.2. The molecule has 0 radical (unpaired) electrons. The number of aromatic nitrogens is 3. The standard InChI is InChI=1S/C25H27N5O2/c1-27-13-15-28(16-14-27)23-5-3-2-4-20(23)10-12-29-17-18-30(25(29)31)22-8-6-21(7-9-22)24-26-11-19-32-24/h2-9,11,17-19H,10,12-16H2,1H3. The zero-order valence-corrected chi connectivity index (χ0v) is 18.2. The van der Waals surface area contributed by atoms with Crippen LogP contribution < -0.4 is 10.6 Å². The van der Waals surface area contributed by atoms with Gasteiger partial charge in [0.25, 0.3) is 0 Å². The van der Waals surface area contributed by atoms with Crippen molar-refractivity contribution in [2.75, 3.05) is 38.1 Å². The molecule has 164 valence electrons. The molecule has 0 saturated carbocycles. The molecular formula is C25H27N5O2. The van der Waals surface area contributed by atoms with Gasteiger partial charge in [0.1, 0.15) is 6.26 Å². The van der Waals surface area contributed by atoms with Gasteiger partial charge >= 0.3 is 5.69 Å². The van der Waals surface area contributed by atoms with Gasteiger partial charge in [-0.3, -0.25) is 9.13 Å². The number of benzene rings is 2. The van der Waals surface area contributed by atoms with Crippen LogP contribution in [0.2, 0.25) is 0 Å². The van der Waals surface area contributed by atoms with E-state index < -0.39 is 0 Å². The van der Waals surface area contributed by atoms with Gasteiger partial charge in [-0.2, -0.15) is 0 Å². The van der Waals surface area contributed by atoms with Crippen molar-refractivity contribution < 1.29 is 4.42 Å². The molecule has 0 atom stereocenters. The quantitative estimate of drug-likeness (QED) is 0.471. The number of likely N-dealkylation sites (N-methyl/N-ethyl adjacent to an activating group) is 1. The monoisotopic (exact) mass is 429 g/mol. The lowest BCUT2D eigenvalue weighted by molar-refractivity contribution is 0.312. The highest BCUT2D eigenvalue weighted by atomic mass is 16.3. The second kappa shape index (κ2) is 8.88. The van der Waals surface area contributed by atoms with Crippen molar-refractivity contribution in [1.82, 2.24) is 19.0 Å². The van der Waals surface area contributed by atoms with E-state index in [1.54, 1.807) is 21.6 Å². The van der Waals surface area contributed by atoms with Crippen LogP contribution in [-0.2, 0) is 13.0 Å². The minimum atomic E-state index is -0.0362. The van der Waals surface area contributed by atoms with Gasteiger partial charge in [-0.25, -0.2) is 9.78 Å². The Balaban J connectivity index is 1.31. The van der Waals surface area contributed by atoms with Crippen LogP contribution in [0.25, 0.3) is 17.1 Å². The third-order valence-electron chi connectivity index (χ3n) is 6.13. The van der Waals surface area contributed by atoms with E-state index in [1.165, 1.54) is 11.3 Å². The van der Waals surface area contributed by atoms with E-state index in [4.69, 9.17) is 4.42 Å². The summed E-state index contributed by atoms with van der Waals surface area (Å²) in [6, 6.07) is 16.2. The van der Waals surface area contributed by atoms with E-state index in [2.05, 4.69) is 46.1 Å². The maximum absolute atomic E-state index is 13.0. The first-order valence-corrected chi connectivity index (χ1v) is 11.0. The fourth-order valence-electron chi connectivity index (χ4n) is 4.23. The summed E-state index contributed by atoms with van der Waals surface area (Å²) in [5.74, 6) is 0.570. The highest BCUT2D eigenvalue weighted by Crippen LogP contribution is 2.23. The molecule has 0 amide bonds. The van der Waals surface area contributed by atoms with Crippen molar-refractivity contribution in [3.8, 4) is 17.1 Å². The number of aryl methyl sites for hydroxylation is 2. The van der Waals surface area contributed by atoms with Crippen molar-refractivity contribution in [3.05, 3.63) is 89.4 Å². The van der Waals surface area contributed by atoms with Crippen molar-refractivity contribution in [3.63, 3.8) is 0 Å². The summed E-state index contributed by atoms with van der Waals surface area (Å²) in [7, 11) is 2.17. The Labute approximate surface area is 187 Å². The van der Waals surface area contributed by atoms with Crippen LogP contribution in [0.1, 0.15) is 5.56 Å². The minimum absolute atomic E-state index is 0.0362. The van der Waals surface area contributed by atoms with Crippen LogP contribution in [0, 0.1) is 0 Å². The van der Waals surface area contributed by atoms with Gasteiger partial charge in [-0.1, -0.05) is 18.2 Å². The number of hydrogen-bond acceptors (Lipinski definition) is 5. The van der Waals surface area contributed by atoms with Gasteiger partial charge < -0.3 is 14.2 Å². The molecule has 32 heavy (non-hydrogen) atoms. The largest absolute Gasteiger partial charge is 0.445 e. The van der Waals surface area contributed by atoms with Crippen LogP contribution in [0.5, 0.6) is 0 Å². The van der Waals surface area contributed by atoms with E-state index in [1.807, 2.05) is 36.7 Å². The fraction of sp³-hybridized carbons (Fsp3) is 0.280. The molecule has 0 N–H and O–H groups in total. The van der Waals surface area contributed by atoms with Crippen LogP contribution in [-0.4, -0.2) is 52.2 Å². The molecular weight excluding hydrogens is 402 g/mol. The van der Waals surface area contributed by atoms with Crippen LogP contribution >= 0.6 is 0 Å². The number of oxazole rings is 1. The van der Waals surface area contributed by atoms with E-state index in [0.717, 1.165) is 43.9 Å². The van der Waals surface area contributed by atoms with Crippen molar-refractivity contribution in [2.24, 2.45) is 0 Å². The van der Waals surface area contributed by atoms with Crippen LogP contribution in [0.3, 0.4) is 0 Å². The molecule has 7 nitrogen and oxygen atoms in total. The average molecular weight is 430 g/mol. The second-order valence-corrected chi connectivity index (χ2v) is 8.20. The molecule has 1 aliphatic rings. The summed E-state index contributed by atoms with van der Waals surface area (Å²) < 4.78 is 8.79. The van der Waals surface area contributed by atoms with E-state index in [-0.39, 0.29) is 5.69 Å². The van der Waals surface area contributed by atoms with Gasteiger partial charge in [-0.05, 0) is 49.4 Å². The molecule has 0 unspecified atom stereocenters. The lowest BCUT2D eigenvalue weighted by atomic mass is 10.1. The van der Waals surface area contributed by atoms with E-state index in [0.29, 0.717) is 12.4 Å². The summed E-state index contributed by atoms with van der Waals surface area (Å²) in [5.41, 5.74) is 4.24. The summed E-state index contributed by atoms with van der Waals surface area (Å²) in [4.78, 5) is 22.0. The molecule has 7 heteroatoms. The van der Waals surface area contributed by atoms with Crippen molar-refractivity contribution in [2.45, 2.75) is 13.0 Å². The molecule has 3 heterocycles. The van der Waals surface area contributed by atoms with Gasteiger partial charge in [0.15, 0.2) is 0 Å². The number of para-hydroxylation sites is 1. The van der Waals surface area contributed by atoms with Gasteiger partial charge in [-0.15, -0.1) is 0 Å². The average Bonchev–Trinajstić information content (AvgIpc) is 3.49. The number of rotatable bonds is 6. The molecule has 0 spiro atoms. The molecule has 2 aromatic heterocycles. The number of imidazole rings is 1. The summed E-state index contributed by atoms with van der Waals surface area (Å²) in [6.07, 6.45) is 7.68. The summed E-state index contributed by atoms with van der Waals surface area (Å²) in [5, 5.41) is 0. The molecule has 5 rings (SSSR count). The predicted molar refractivity (Wildman–Crippen MR) is 125 cm³/mol. The zero-order chi connectivity index (χ0) is 21.9. The van der Waals surface area contributed by atoms with E-state index in [9.17, 15) is 4.79 Å². The van der Waals surface area contributed by atoms with Gasteiger partial charge in [0, 0.05) is 56.4 Å². The normalized spacial score (nSPS) is 14.7. The second-order valence-electron chi connectivity index (χ2n) is 8.20. The van der Waals surface area contributed by atoms with Crippen LogP contribution in [0.15, 0.2) is 82.6 Å². The van der Waals surface area contributed by atoms with Crippen molar-refractivity contribution in [1.29, 1.82) is 0 Å². The number of hydrogen-bond donors (Lipinski definition) is 0. The molecule has 1 saturated heterocycles. The Bertz CT molecular complexity index is 1220. The third kappa shape index (κ3) is 4.11. The number of nitrogens with zero attached hydrogens (tertiary/aromatic N) is 5. The lowest BCUT2D eigenvalue weighted by Gasteiger charge is -2.35. The fourth-order valence-corrected chi connectivity index (χ4v) is 4.23. The Hall–Kier alpha value is -3.58. The maximum Gasteiger partial charge on any atom is 0.332 e. The summed E-state index contributed by atoms with van der Waals surface area (Å²) in [6.45, 7) is 4.86. The number of anilines is 1. The molecule has 0 aliphatic carbocycles. The smallest absolute Gasteiger partial charge is 0.332 e. The molecule has 1 fully saturated rings. The summed E-state index contributed by atoms with van der Waals surface area (Å²) >= 11 is 0. The van der Waals surface area contributed by atoms with Crippen molar-refractivity contribution >= 4 is 5.69 Å². The Morgan fingerprint density at radius 3 is 2.50 bits per heavy atom.